The van der Waals surface area contributed by atoms with E-state index >= 15 is 0 Å². The van der Waals surface area contributed by atoms with Gasteiger partial charge in [0.05, 0.1) is 19.9 Å². The summed E-state index contributed by atoms with van der Waals surface area (Å²) >= 11 is 0. The lowest BCUT2D eigenvalue weighted by molar-refractivity contribution is 0.416. The number of rotatable bonds is 4. The molecule has 0 bridgehead atoms. The van der Waals surface area contributed by atoms with Crippen LogP contribution in [0.5, 0.6) is 11.5 Å². The number of nitrogen functional groups attached to an aromatic ring is 1. The Labute approximate surface area is 146 Å². The van der Waals surface area contributed by atoms with Gasteiger partial charge in [-0.2, -0.15) is 5.26 Å². The molecule has 0 aliphatic rings. The van der Waals surface area contributed by atoms with Crippen molar-refractivity contribution in [1.82, 2.24) is 4.98 Å². The number of ether oxygens (including phenoxy) is 2. The Hall–Kier alpha value is -3.52. The highest BCUT2D eigenvalue weighted by Crippen LogP contribution is 2.38. The third kappa shape index (κ3) is 2.98. The molecule has 0 aliphatic carbocycles. The van der Waals surface area contributed by atoms with Gasteiger partial charge in [-0.15, -0.1) is 0 Å². The largest absolute Gasteiger partial charge is 0.496 e. The Kier molecular flexibility index (Phi) is 4.53. The number of nitrogens with zero attached hydrogens (tertiary/aromatic N) is 2. The molecule has 0 saturated carbocycles. The van der Waals surface area contributed by atoms with Crippen molar-refractivity contribution in [2.24, 2.45) is 0 Å². The van der Waals surface area contributed by atoms with E-state index in [1.165, 1.54) is 0 Å². The molecule has 0 saturated heterocycles. The molecule has 0 spiro atoms. The van der Waals surface area contributed by atoms with Crippen molar-refractivity contribution in [3.05, 3.63) is 60.2 Å². The first kappa shape index (κ1) is 16.3. The predicted molar refractivity (Wildman–Crippen MR) is 97.3 cm³/mol. The SMILES string of the molecule is COc1ccccc1-c1cc(-c2ccccc2OC)c(C#N)c(N)n1. The maximum Gasteiger partial charge on any atom is 0.142 e. The predicted octanol–water partition coefficient (Wildman–Crippen LogP) is 3.89. The number of aromatic nitrogens is 1. The summed E-state index contributed by atoms with van der Waals surface area (Å²) in [6.45, 7) is 0. The molecule has 0 fully saturated rings. The van der Waals surface area contributed by atoms with Crippen molar-refractivity contribution < 1.29 is 9.47 Å². The molecule has 1 aromatic heterocycles. The molecule has 0 radical (unpaired) electrons. The van der Waals surface area contributed by atoms with Crippen LogP contribution in [0, 0.1) is 11.3 Å². The quantitative estimate of drug-likeness (QED) is 0.784. The lowest BCUT2D eigenvalue weighted by atomic mass is 9.97. The van der Waals surface area contributed by atoms with E-state index in [0.29, 0.717) is 28.3 Å². The van der Waals surface area contributed by atoms with E-state index in [-0.39, 0.29) is 5.82 Å². The van der Waals surface area contributed by atoms with E-state index in [2.05, 4.69) is 11.1 Å². The second-order valence-electron chi connectivity index (χ2n) is 5.33. The zero-order chi connectivity index (χ0) is 17.8. The standard InChI is InChI=1S/C20H17N3O2/c1-24-18-9-5-3-7-13(18)15-11-17(23-20(22)16(15)12-21)14-8-4-6-10-19(14)25-2/h3-11H,1-2H3,(H2,22,23). The first-order chi connectivity index (χ1) is 12.2. The molecule has 1 heterocycles. The summed E-state index contributed by atoms with van der Waals surface area (Å²) in [7, 11) is 3.20. The Morgan fingerprint density at radius 1 is 0.880 bits per heavy atom. The monoisotopic (exact) mass is 331 g/mol. The Balaban J connectivity index is 2.29. The zero-order valence-corrected chi connectivity index (χ0v) is 14.0. The van der Waals surface area contributed by atoms with E-state index in [9.17, 15) is 5.26 Å². The lowest BCUT2D eigenvalue weighted by Crippen LogP contribution is -2.01. The third-order valence-corrected chi connectivity index (χ3v) is 3.94. The van der Waals surface area contributed by atoms with Gasteiger partial charge >= 0.3 is 0 Å². The van der Waals surface area contributed by atoms with Gasteiger partial charge in [-0.25, -0.2) is 4.98 Å². The Morgan fingerprint density at radius 2 is 1.44 bits per heavy atom. The van der Waals surface area contributed by atoms with Gasteiger partial charge < -0.3 is 15.2 Å². The van der Waals surface area contributed by atoms with E-state index in [1.807, 2.05) is 54.6 Å². The fraction of sp³-hybridized carbons (Fsp3) is 0.100. The van der Waals surface area contributed by atoms with Crippen LogP contribution >= 0.6 is 0 Å². The van der Waals surface area contributed by atoms with Crippen molar-refractivity contribution in [3.63, 3.8) is 0 Å². The Morgan fingerprint density at radius 3 is 2.04 bits per heavy atom. The van der Waals surface area contributed by atoms with Crippen LogP contribution in [0.15, 0.2) is 54.6 Å². The minimum Gasteiger partial charge on any atom is -0.496 e. The highest BCUT2D eigenvalue weighted by Gasteiger charge is 2.17. The molecule has 25 heavy (non-hydrogen) atoms. The van der Waals surface area contributed by atoms with E-state index in [1.54, 1.807) is 14.2 Å². The first-order valence-electron chi connectivity index (χ1n) is 7.67. The van der Waals surface area contributed by atoms with Crippen LogP contribution in [0.4, 0.5) is 5.82 Å². The number of anilines is 1. The number of hydrogen-bond donors (Lipinski definition) is 1. The lowest BCUT2D eigenvalue weighted by Gasteiger charge is -2.14. The average molecular weight is 331 g/mol. The van der Waals surface area contributed by atoms with Crippen molar-refractivity contribution >= 4 is 5.82 Å². The van der Waals surface area contributed by atoms with Crippen LogP contribution in [0.25, 0.3) is 22.4 Å². The van der Waals surface area contributed by atoms with Gasteiger partial charge in [-0.05, 0) is 24.3 Å². The average Bonchev–Trinajstić information content (AvgIpc) is 2.67. The van der Waals surface area contributed by atoms with Crippen LogP contribution in [0.3, 0.4) is 0 Å². The molecule has 0 atom stereocenters. The van der Waals surface area contributed by atoms with Crippen LogP contribution < -0.4 is 15.2 Å². The van der Waals surface area contributed by atoms with Crippen molar-refractivity contribution in [2.75, 3.05) is 20.0 Å². The number of methoxy groups -OCH3 is 2. The summed E-state index contributed by atoms with van der Waals surface area (Å²) in [5.74, 6) is 1.52. The van der Waals surface area contributed by atoms with Crippen molar-refractivity contribution in [3.8, 4) is 40.0 Å². The fourth-order valence-corrected chi connectivity index (χ4v) is 2.76. The van der Waals surface area contributed by atoms with Gasteiger partial charge in [-0.3, -0.25) is 0 Å². The van der Waals surface area contributed by atoms with Gasteiger partial charge in [-0.1, -0.05) is 30.3 Å². The van der Waals surface area contributed by atoms with Gasteiger partial charge in [0.25, 0.3) is 0 Å². The molecule has 124 valence electrons. The van der Waals surface area contributed by atoms with Crippen LogP contribution in [0.1, 0.15) is 5.56 Å². The maximum absolute atomic E-state index is 9.55. The maximum atomic E-state index is 9.55. The smallest absolute Gasteiger partial charge is 0.142 e. The number of benzene rings is 2. The molecule has 5 nitrogen and oxygen atoms in total. The second kappa shape index (κ2) is 6.93. The molecular formula is C20H17N3O2. The summed E-state index contributed by atoms with van der Waals surface area (Å²) in [5.41, 5.74) is 9.29. The number of pyridine rings is 1. The number of nitriles is 1. The van der Waals surface area contributed by atoms with Crippen LogP contribution in [-0.2, 0) is 0 Å². The number of para-hydroxylation sites is 2. The molecule has 2 aromatic carbocycles. The molecule has 2 N–H and O–H groups in total. The molecule has 5 heteroatoms. The second-order valence-corrected chi connectivity index (χ2v) is 5.33. The van der Waals surface area contributed by atoms with Crippen LogP contribution in [0.2, 0.25) is 0 Å². The molecule has 0 amide bonds. The van der Waals surface area contributed by atoms with E-state index in [4.69, 9.17) is 15.2 Å². The summed E-state index contributed by atoms with van der Waals surface area (Å²) in [4.78, 5) is 4.40. The molecule has 3 rings (SSSR count). The van der Waals surface area contributed by atoms with Gasteiger partial charge in [0.15, 0.2) is 0 Å². The molecular weight excluding hydrogens is 314 g/mol. The first-order valence-corrected chi connectivity index (χ1v) is 7.67. The minimum absolute atomic E-state index is 0.173. The molecule has 0 unspecified atom stereocenters. The van der Waals surface area contributed by atoms with Gasteiger partial charge in [0, 0.05) is 16.7 Å². The van der Waals surface area contributed by atoms with Gasteiger partial charge in [0.2, 0.25) is 0 Å². The summed E-state index contributed by atoms with van der Waals surface area (Å²) in [5, 5.41) is 9.55. The summed E-state index contributed by atoms with van der Waals surface area (Å²) in [6, 6.07) is 19.0. The third-order valence-electron chi connectivity index (χ3n) is 3.94. The number of nitrogens with two attached hydrogens (primary N) is 1. The highest BCUT2D eigenvalue weighted by atomic mass is 16.5. The number of hydrogen-bond acceptors (Lipinski definition) is 5. The minimum atomic E-state index is 0.173. The van der Waals surface area contributed by atoms with E-state index < -0.39 is 0 Å². The van der Waals surface area contributed by atoms with Crippen molar-refractivity contribution in [2.45, 2.75) is 0 Å². The molecule has 3 aromatic rings. The topological polar surface area (TPSA) is 81.2 Å². The van der Waals surface area contributed by atoms with Crippen molar-refractivity contribution in [1.29, 1.82) is 5.26 Å². The fourth-order valence-electron chi connectivity index (χ4n) is 2.76. The zero-order valence-electron chi connectivity index (χ0n) is 14.0. The Bertz CT molecular complexity index is 961. The molecule has 0 aliphatic heterocycles. The normalized spacial score (nSPS) is 10.1. The van der Waals surface area contributed by atoms with E-state index in [0.717, 1.165) is 11.1 Å². The summed E-state index contributed by atoms with van der Waals surface area (Å²) < 4.78 is 10.9. The van der Waals surface area contributed by atoms with Gasteiger partial charge in [0.1, 0.15) is 28.9 Å². The van der Waals surface area contributed by atoms with Crippen LogP contribution in [-0.4, -0.2) is 19.2 Å². The summed E-state index contributed by atoms with van der Waals surface area (Å²) in [6.07, 6.45) is 0. The highest BCUT2D eigenvalue weighted by molar-refractivity contribution is 5.84.